The molecule has 0 unspecified atom stereocenters. The lowest BCUT2D eigenvalue weighted by atomic mass is 9.98. The summed E-state index contributed by atoms with van der Waals surface area (Å²) in [7, 11) is 0. The zero-order valence-corrected chi connectivity index (χ0v) is 21.4. The van der Waals surface area contributed by atoms with Gasteiger partial charge < -0.3 is 4.90 Å². The second-order valence-electron chi connectivity index (χ2n) is 8.83. The van der Waals surface area contributed by atoms with Gasteiger partial charge in [-0.1, -0.05) is 94.6 Å². The summed E-state index contributed by atoms with van der Waals surface area (Å²) in [6, 6.07) is 24.0. The highest BCUT2D eigenvalue weighted by atomic mass is 27.0. The Kier molecular flexibility index (Phi) is 10.1. The molecule has 2 radical (unpaired) electrons. The van der Waals surface area contributed by atoms with Gasteiger partial charge in [-0.15, -0.1) is 4.43 Å². The molecule has 0 atom stereocenters. The van der Waals surface area contributed by atoms with Crippen LogP contribution in [0.4, 0.5) is 0 Å². The number of hydrogen-bond acceptors (Lipinski definition) is 1. The molecule has 0 spiro atoms. The van der Waals surface area contributed by atoms with Crippen molar-refractivity contribution in [1.29, 1.82) is 0 Å². The lowest BCUT2D eigenvalue weighted by Gasteiger charge is -2.21. The molecule has 0 saturated carbocycles. The third-order valence-corrected chi connectivity index (χ3v) is 6.72. The minimum absolute atomic E-state index is 1.26. The Bertz CT molecular complexity index is 1100. The topological polar surface area (TPSA) is 3.24 Å². The summed E-state index contributed by atoms with van der Waals surface area (Å²) in [5.74, 6) is 0. The van der Waals surface area contributed by atoms with Crippen molar-refractivity contribution in [3.8, 4) is 0 Å². The molecule has 4 rings (SSSR count). The molecule has 0 aliphatic carbocycles. The minimum atomic E-state index is 1.26. The SMILES string of the molecule is CCCCN(CCCC)CCCC.[Al][c]1cccc2ccc3cc4ccccc4cc3c12. The first-order valence-electron chi connectivity index (χ1n) is 12.5. The van der Waals surface area contributed by atoms with Crippen molar-refractivity contribution in [1.82, 2.24) is 4.90 Å². The van der Waals surface area contributed by atoms with Crippen molar-refractivity contribution in [3.63, 3.8) is 0 Å². The molecular formula is C30H38AlN. The van der Waals surface area contributed by atoms with Gasteiger partial charge in [-0.25, -0.2) is 0 Å². The zero-order chi connectivity index (χ0) is 22.8. The van der Waals surface area contributed by atoms with Crippen LogP contribution in [-0.2, 0) is 0 Å². The van der Waals surface area contributed by atoms with Crippen LogP contribution < -0.4 is 4.43 Å². The number of unbranched alkanes of at least 4 members (excludes halogenated alkanes) is 3. The minimum Gasteiger partial charge on any atom is -0.303 e. The second-order valence-corrected chi connectivity index (χ2v) is 9.46. The lowest BCUT2D eigenvalue weighted by Crippen LogP contribution is -2.27. The van der Waals surface area contributed by atoms with Crippen molar-refractivity contribution >= 4 is 53.0 Å². The molecule has 0 aliphatic rings. The van der Waals surface area contributed by atoms with E-state index in [1.54, 1.807) is 0 Å². The Morgan fingerprint density at radius 1 is 0.594 bits per heavy atom. The van der Waals surface area contributed by atoms with Gasteiger partial charge in [0.2, 0.25) is 0 Å². The molecule has 0 fully saturated rings. The van der Waals surface area contributed by atoms with Gasteiger partial charge in [-0.05, 0) is 83.3 Å². The van der Waals surface area contributed by atoms with Crippen LogP contribution in [0.5, 0.6) is 0 Å². The van der Waals surface area contributed by atoms with E-state index in [9.17, 15) is 0 Å². The number of fused-ring (bicyclic) bond motifs is 4. The molecule has 0 N–H and O–H groups in total. The van der Waals surface area contributed by atoms with Gasteiger partial charge in [0.1, 0.15) is 0 Å². The molecule has 0 amide bonds. The largest absolute Gasteiger partial charge is 0.303 e. The van der Waals surface area contributed by atoms with E-state index >= 15 is 0 Å². The molecule has 4 aromatic rings. The molecule has 2 heteroatoms. The van der Waals surface area contributed by atoms with E-state index in [0.717, 1.165) is 0 Å². The Morgan fingerprint density at radius 3 is 1.72 bits per heavy atom. The fraction of sp³-hybridized carbons (Fsp3) is 0.400. The van der Waals surface area contributed by atoms with E-state index in [0.29, 0.717) is 0 Å². The van der Waals surface area contributed by atoms with E-state index in [1.807, 2.05) is 0 Å². The third-order valence-electron chi connectivity index (χ3n) is 6.24. The van der Waals surface area contributed by atoms with Crippen molar-refractivity contribution in [3.05, 3.63) is 66.7 Å². The average Bonchev–Trinajstić information content (AvgIpc) is 2.82. The van der Waals surface area contributed by atoms with Gasteiger partial charge in [0.15, 0.2) is 16.3 Å². The average molecular weight is 440 g/mol. The molecule has 4 aromatic carbocycles. The van der Waals surface area contributed by atoms with E-state index in [2.05, 4.69) is 109 Å². The van der Waals surface area contributed by atoms with Crippen LogP contribution >= 0.6 is 0 Å². The number of rotatable bonds is 9. The van der Waals surface area contributed by atoms with Gasteiger partial charge in [-0.2, -0.15) is 0 Å². The van der Waals surface area contributed by atoms with E-state index in [-0.39, 0.29) is 0 Å². The van der Waals surface area contributed by atoms with Gasteiger partial charge in [0.05, 0.1) is 0 Å². The molecule has 32 heavy (non-hydrogen) atoms. The molecule has 166 valence electrons. The summed E-state index contributed by atoms with van der Waals surface area (Å²) in [4.78, 5) is 2.64. The van der Waals surface area contributed by atoms with E-state index in [1.165, 1.54) is 94.9 Å². The summed E-state index contributed by atoms with van der Waals surface area (Å²) in [6.07, 6.45) is 8.09. The molecule has 0 saturated heterocycles. The van der Waals surface area contributed by atoms with Crippen LogP contribution in [0.2, 0.25) is 0 Å². The standard InChI is InChI=1S/C18H11.C12H27N.Al/c1-2-7-15-12-18-16(11-14(15)6-1)10-9-13-5-3-4-8-17(13)18;1-4-7-10-13(11-8-5-2)12-9-6-3;/h1-7,9-12H;4-12H2,1-3H3;. The highest BCUT2D eigenvalue weighted by Gasteiger charge is 2.04. The van der Waals surface area contributed by atoms with Crippen LogP contribution in [0.3, 0.4) is 0 Å². The summed E-state index contributed by atoms with van der Waals surface area (Å²) in [5, 5.41) is 7.89. The van der Waals surface area contributed by atoms with Crippen LogP contribution in [0.1, 0.15) is 59.3 Å². The first-order chi connectivity index (χ1) is 15.7. The van der Waals surface area contributed by atoms with Crippen LogP contribution in [0.15, 0.2) is 66.7 Å². The third kappa shape index (κ3) is 6.58. The maximum Gasteiger partial charge on any atom is 0.176 e. The quantitative estimate of drug-likeness (QED) is 0.147. The normalized spacial score (nSPS) is 11.2. The van der Waals surface area contributed by atoms with Crippen molar-refractivity contribution < 1.29 is 0 Å². The fourth-order valence-electron chi connectivity index (χ4n) is 4.31. The number of hydrogen-bond donors (Lipinski definition) is 0. The summed E-state index contributed by atoms with van der Waals surface area (Å²) >= 11 is 2.85. The maximum atomic E-state index is 2.85. The predicted octanol–water partition coefficient (Wildman–Crippen LogP) is 7.63. The predicted molar refractivity (Wildman–Crippen MR) is 146 cm³/mol. The Balaban J connectivity index is 0.000000198. The van der Waals surface area contributed by atoms with Gasteiger partial charge in [-0.3, -0.25) is 0 Å². The summed E-state index contributed by atoms with van der Waals surface area (Å²) in [6.45, 7) is 10.8. The van der Waals surface area contributed by atoms with E-state index in [4.69, 9.17) is 0 Å². The molecule has 1 nitrogen and oxygen atoms in total. The second kappa shape index (κ2) is 13.0. The zero-order valence-electron chi connectivity index (χ0n) is 20.2. The Hall–Kier alpha value is -1.85. The van der Waals surface area contributed by atoms with Gasteiger partial charge in [0, 0.05) is 0 Å². The highest BCUT2D eigenvalue weighted by Crippen LogP contribution is 2.28. The monoisotopic (exact) mass is 439 g/mol. The van der Waals surface area contributed by atoms with Crippen LogP contribution in [0.25, 0.3) is 32.3 Å². The molecule has 0 aliphatic heterocycles. The van der Waals surface area contributed by atoms with E-state index < -0.39 is 0 Å². The maximum absolute atomic E-state index is 2.85. The van der Waals surface area contributed by atoms with Crippen LogP contribution in [0, 0.1) is 0 Å². The first kappa shape index (κ1) is 24.8. The Labute approximate surface area is 203 Å². The van der Waals surface area contributed by atoms with Crippen LogP contribution in [-0.4, -0.2) is 40.8 Å². The van der Waals surface area contributed by atoms with Crippen molar-refractivity contribution in [2.24, 2.45) is 0 Å². The first-order valence-corrected chi connectivity index (χ1v) is 13.1. The van der Waals surface area contributed by atoms with Crippen molar-refractivity contribution in [2.75, 3.05) is 19.6 Å². The summed E-state index contributed by atoms with van der Waals surface area (Å²) in [5.41, 5.74) is 0. The number of benzene rings is 4. The van der Waals surface area contributed by atoms with Gasteiger partial charge >= 0.3 is 0 Å². The molecular weight excluding hydrogens is 401 g/mol. The van der Waals surface area contributed by atoms with Gasteiger partial charge in [0.25, 0.3) is 0 Å². The molecule has 0 bridgehead atoms. The lowest BCUT2D eigenvalue weighted by molar-refractivity contribution is 0.261. The number of nitrogens with zero attached hydrogens (tertiary/aromatic N) is 1. The molecule has 0 heterocycles. The molecule has 0 aromatic heterocycles. The Morgan fingerprint density at radius 2 is 1.12 bits per heavy atom. The fourth-order valence-corrected chi connectivity index (χ4v) is 4.74. The highest BCUT2D eigenvalue weighted by molar-refractivity contribution is 6.41. The summed E-state index contributed by atoms with van der Waals surface area (Å²) < 4.78 is 1.26. The van der Waals surface area contributed by atoms with Crippen molar-refractivity contribution in [2.45, 2.75) is 59.3 Å². The smallest absolute Gasteiger partial charge is 0.176 e.